The minimum Gasteiger partial charge on any atom is -0.322 e. The van der Waals surface area contributed by atoms with Crippen molar-refractivity contribution in [3.05, 3.63) is 95.1 Å². The number of para-hydroxylation sites is 1. The highest BCUT2D eigenvalue weighted by molar-refractivity contribution is 6.23. The normalized spacial score (nSPS) is 26.8. The fraction of sp³-hybridized carbons (Fsp3) is 0.300. The molecule has 2 aliphatic carbocycles. The summed E-state index contributed by atoms with van der Waals surface area (Å²) in [6.07, 6.45) is 1.90. The van der Waals surface area contributed by atoms with Crippen molar-refractivity contribution in [2.75, 3.05) is 10.2 Å². The van der Waals surface area contributed by atoms with Gasteiger partial charge in [-0.05, 0) is 79.3 Å². The van der Waals surface area contributed by atoms with Crippen LogP contribution in [0.5, 0.6) is 0 Å². The number of amides is 3. The molecule has 3 aromatic rings. The molecule has 1 heterocycles. The number of nitrogens with zero attached hydrogens (tertiary/aromatic N) is 1. The number of hydrogen-bond acceptors (Lipinski definition) is 3. The molecule has 176 valence electrons. The molecule has 0 spiro atoms. The number of aryl methyl sites for hydroxylation is 2. The summed E-state index contributed by atoms with van der Waals surface area (Å²) in [4.78, 5) is 41.5. The maximum Gasteiger partial charge on any atom is 0.255 e. The molecule has 0 radical (unpaired) electrons. The molecule has 0 aromatic heterocycles. The third-order valence-corrected chi connectivity index (χ3v) is 8.33. The molecule has 2 saturated carbocycles. The fourth-order valence-electron chi connectivity index (χ4n) is 6.78. The topological polar surface area (TPSA) is 66.5 Å². The summed E-state index contributed by atoms with van der Waals surface area (Å²) in [5, 5.41) is 3.00. The molecule has 3 aromatic carbocycles. The first-order chi connectivity index (χ1) is 16.9. The second-order valence-corrected chi connectivity index (χ2v) is 10.2. The van der Waals surface area contributed by atoms with Crippen molar-refractivity contribution < 1.29 is 14.4 Å². The third kappa shape index (κ3) is 3.41. The molecule has 3 aliphatic rings. The smallest absolute Gasteiger partial charge is 0.255 e. The van der Waals surface area contributed by atoms with Crippen molar-refractivity contribution in [3.63, 3.8) is 0 Å². The molecule has 6 rings (SSSR count). The number of carbonyl (C=O) groups is 3. The van der Waals surface area contributed by atoms with Gasteiger partial charge in [-0.3, -0.25) is 19.3 Å². The van der Waals surface area contributed by atoms with E-state index in [1.165, 1.54) is 10.5 Å². The first-order valence-corrected chi connectivity index (χ1v) is 12.3. The van der Waals surface area contributed by atoms with Crippen LogP contribution in [0.4, 0.5) is 11.4 Å². The Morgan fingerprint density at radius 1 is 0.829 bits per heavy atom. The summed E-state index contributed by atoms with van der Waals surface area (Å²) in [5.74, 6) is -0.206. The average molecular weight is 465 g/mol. The van der Waals surface area contributed by atoms with Crippen LogP contribution in [0.15, 0.2) is 72.8 Å². The lowest BCUT2D eigenvalue weighted by Gasteiger charge is -2.28. The number of fused-ring (bicyclic) bond motifs is 5. The summed E-state index contributed by atoms with van der Waals surface area (Å²) in [7, 11) is 0. The lowest BCUT2D eigenvalue weighted by molar-refractivity contribution is -0.123. The van der Waals surface area contributed by atoms with Gasteiger partial charge in [0.1, 0.15) is 0 Å². The lowest BCUT2D eigenvalue weighted by Crippen LogP contribution is -2.33. The number of hydrogen-bond donors (Lipinski definition) is 1. The maximum absolute atomic E-state index is 13.6. The standard InChI is InChI=1S/C30H28N2O3/c1-17-8-6-9-18(2)27(17)31-28(33)20-12-7-13-22(14-20)32-29(34)25-21-15-23(19-10-4-3-5-11-19)24(16-21)26(25)30(32)35/h3-14,21,23-26H,15-16H2,1-2H3,(H,31,33)/t21-,23+,24+,25+,26-/m0/s1. The molecule has 35 heavy (non-hydrogen) atoms. The maximum atomic E-state index is 13.6. The number of benzene rings is 3. The summed E-state index contributed by atoms with van der Waals surface area (Å²) in [6, 6.07) is 23.1. The Labute approximate surface area is 205 Å². The van der Waals surface area contributed by atoms with Gasteiger partial charge in [-0.15, -0.1) is 0 Å². The molecule has 1 N–H and O–H groups in total. The molecular formula is C30H28N2O3. The van der Waals surface area contributed by atoms with Crippen LogP contribution in [0.3, 0.4) is 0 Å². The fourth-order valence-corrected chi connectivity index (χ4v) is 6.78. The Morgan fingerprint density at radius 2 is 1.51 bits per heavy atom. The van der Waals surface area contributed by atoms with Gasteiger partial charge < -0.3 is 5.32 Å². The number of anilines is 2. The molecule has 5 nitrogen and oxygen atoms in total. The summed E-state index contributed by atoms with van der Waals surface area (Å²) in [6.45, 7) is 3.91. The second kappa shape index (κ2) is 8.19. The van der Waals surface area contributed by atoms with Crippen LogP contribution in [0, 0.1) is 37.5 Å². The number of nitrogens with one attached hydrogen (secondary N) is 1. The molecule has 2 bridgehead atoms. The van der Waals surface area contributed by atoms with Gasteiger partial charge in [-0.2, -0.15) is 0 Å². The average Bonchev–Trinajstić information content (AvgIpc) is 3.53. The monoisotopic (exact) mass is 464 g/mol. The van der Waals surface area contributed by atoms with Gasteiger partial charge in [0.15, 0.2) is 0 Å². The van der Waals surface area contributed by atoms with Crippen molar-refractivity contribution in [3.8, 4) is 0 Å². The van der Waals surface area contributed by atoms with Crippen LogP contribution in [-0.4, -0.2) is 17.7 Å². The van der Waals surface area contributed by atoms with Gasteiger partial charge in [0, 0.05) is 11.3 Å². The van der Waals surface area contributed by atoms with E-state index in [0.29, 0.717) is 17.2 Å². The Morgan fingerprint density at radius 3 is 2.26 bits per heavy atom. The minimum atomic E-state index is -0.265. The van der Waals surface area contributed by atoms with Crippen LogP contribution in [0.2, 0.25) is 0 Å². The quantitative estimate of drug-likeness (QED) is 0.520. The van der Waals surface area contributed by atoms with Crippen LogP contribution in [0.1, 0.15) is 45.8 Å². The molecule has 3 fully saturated rings. The van der Waals surface area contributed by atoms with E-state index >= 15 is 0 Å². The van der Waals surface area contributed by atoms with E-state index in [4.69, 9.17) is 0 Å². The van der Waals surface area contributed by atoms with Gasteiger partial charge >= 0.3 is 0 Å². The van der Waals surface area contributed by atoms with E-state index < -0.39 is 0 Å². The first kappa shape index (κ1) is 21.8. The van der Waals surface area contributed by atoms with Crippen molar-refractivity contribution in [1.29, 1.82) is 0 Å². The Kier molecular flexibility index (Phi) is 5.10. The zero-order valence-electron chi connectivity index (χ0n) is 19.9. The Hall–Kier alpha value is -3.73. The van der Waals surface area contributed by atoms with Gasteiger partial charge in [0.05, 0.1) is 17.5 Å². The van der Waals surface area contributed by atoms with Crippen LogP contribution in [-0.2, 0) is 9.59 Å². The predicted octanol–water partition coefficient (Wildman–Crippen LogP) is 5.48. The van der Waals surface area contributed by atoms with Crippen molar-refractivity contribution >= 4 is 29.1 Å². The van der Waals surface area contributed by atoms with Gasteiger partial charge in [-0.25, -0.2) is 0 Å². The zero-order valence-corrected chi connectivity index (χ0v) is 19.9. The van der Waals surface area contributed by atoms with Gasteiger partial charge in [-0.1, -0.05) is 54.6 Å². The molecule has 1 saturated heterocycles. The van der Waals surface area contributed by atoms with Crippen molar-refractivity contribution in [2.45, 2.75) is 32.6 Å². The summed E-state index contributed by atoms with van der Waals surface area (Å²) < 4.78 is 0. The Bertz CT molecular complexity index is 1330. The summed E-state index contributed by atoms with van der Waals surface area (Å²) in [5.41, 5.74) is 4.93. The number of rotatable bonds is 4. The van der Waals surface area contributed by atoms with E-state index in [-0.39, 0.29) is 41.4 Å². The third-order valence-electron chi connectivity index (χ3n) is 8.33. The lowest BCUT2D eigenvalue weighted by atomic mass is 9.73. The number of carbonyl (C=O) groups excluding carboxylic acids is 3. The van der Waals surface area contributed by atoms with Crippen LogP contribution < -0.4 is 10.2 Å². The van der Waals surface area contributed by atoms with Crippen LogP contribution in [0.25, 0.3) is 0 Å². The molecule has 5 heteroatoms. The summed E-state index contributed by atoms with van der Waals surface area (Å²) >= 11 is 0. The number of imide groups is 1. The molecule has 5 atom stereocenters. The van der Waals surface area contributed by atoms with Gasteiger partial charge in [0.25, 0.3) is 5.91 Å². The van der Waals surface area contributed by atoms with Crippen molar-refractivity contribution in [2.24, 2.45) is 23.7 Å². The minimum absolute atomic E-state index is 0.105. The Balaban J connectivity index is 1.27. The van der Waals surface area contributed by atoms with E-state index in [1.54, 1.807) is 24.3 Å². The van der Waals surface area contributed by atoms with Crippen molar-refractivity contribution in [1.82, 2.24) is 0 Å². The predicted molar refractivity (Wildman–Crippen MR) is 135 cm³/mol. The van der Waals surface area contributed by atoms with E-state index in [2.05, 4.69) is 17.4 Å². The SMILES string of the molecule is Cc1cccc(C)c1NC(=O)c1cccc(N2C(=O)[C@@H]3[C@@H]4C[C@@H]([C@@H]3C2=O)[C@@H](c2ccccc2)C4)c1. The molecule has 3 amide bonds. The molecule has 0 unspecified atom stereocenters. The molecule has 1 aliphatic heterocycles. The van der Waals surface area contributed by atoms with Crippen LogP contribution >= 0.6 is 0 Å². The van der Waals surface area contributed by atoms with E-state index in [1.807, 2.05) is 50.2 Å². The van der Waals surface area contributed by atoms with E-state index in [0.717, 1.165) is 29.7 Å². The highest BCUT2D eigenvalue weighted by Crippen LogP contribution is 2.61. The zero-order chi connectivity index (χ0) is 24.3. The highest BCUT2D eigenvalue weighted by atomic mass is 16.2. The molecular weight excluding hydrogens is 436 g/mol. The largest absolute Gasteiger partial charge is 0.322 e. The van der Waals surface area contributed by atoms with Gasteiger partial charge in [0.2, 0.25) is 11.8 Å². The highest BCUT2D eigenvalue weighted by Gasteiger charge is 2.64. The first-order valence-electron chi connectivity index (χ1n) is 12.3. The van der Waals surface area contributed by atoms with E-state index in [9.17, 15) is 14.4 Å². The second-order valence-electron chi connectivity index (χ2n) is 10.2.